The summed E-state index contributed by atoms with van der Waals surface area (Å²) >= 11 is 0. The quantitative estimate of drug-likeness (QED) is 0.657. The predicted octanol–water partition coefficient (Wildman–Crippen LogP) is 0.128. The van der Waals surface area contributed by atoms with Gasteiger partial charge in [-0.25, -0.2) is 4.79 Å². The number of rotatable bonds is 4. The minimum absolute atomic E-state index is 0.177. The summed E-state index contributed by atoms with van der Waals surface area (Å²) in [5.74, 6) is 0.478. The molecule has 0 radical (unpaired) electrons. The van der Waals surface area contributed by atoms with E-state index in [-0.39, 0.29) is 5.57 Å². The number of nitrogens with one attached hydrogen (secondary N) is 1. The Labute approximate surface area is 85.8 Å². The summed E-state index contributed by atoms with van der Waals surface area (Å²) in [5.41, 5.74) is 0.177. The van der Waals surface area contributed by atoms with Gasteiger partial charge in [-0.15, -0.1) is 0 Å². The van der Waals surface area contributed by atoms with Crippen molar-refractivity contribution in [2.24, 2.45) is 0 Å². The molecule has 1 aliphatic rings. The molecular formula is C9H15NO3S. The number of aliphatic carboxylic acids is 1. The zero-order valence-electron chi connectivity index (χ0n) is 7.99. The molecule has 0 unspecified atom stereocenters. The lowest BCUT2D eigenvalue weighted by Gasteiger charge is -2.22. The lowest BCUT2D eigenvalue weighted by Crippen LogP contribution is -2.37. The van der Waals surface area contributed by atoms with Gasteiger partial charge in [0.05, 0.1) is 0 Å². The predicted molar refractivity (Wildman–Crippen MR) is 55.7 cm³/mol. The summed E-state index contributed by atoms with van der Waals surface area (Å²) in [6.07, 6.45) is 1.72. The van der Waals surface area contributed by atoms with E-state index in [4.69, 9.17) is 5.11 Å². The van der Waals surface area contributed by atoms with Crippen LogP contribution in [0.4, 0.5) is 0 Å². The SMILES string of the molecule is C=C(CNC1CCS(=O)CC1)C(=O)O. The van der Waals surface area contributed by atoms with Crippen molar-refractivity contribution in [1.82, 2.24) is 5.32 Å². The zero-order valence-corrected chi connectivity index (χ0v) is 8.81. The second-order valence-electron chi connectivity index (χ2n) is 3.41. The average Bonchev–Trinajstić information content (AvgIpc) is 2.16. The van der Waals surface area contributed by atoms with Crippen molar-refractivity contribution in [2.75, 3.05) is 18.1 Å². The zero-order chi connectivity index (χ0) is 10.6. The van der Waals surface area contributed by atoms with Gasteiger partial charge >= 0.3 is 5.97 Å². The number of carboxylic acid groups (broad SMARTS) is 1. The van der Waals surface area contributed by atoms with Crippen LogP contribution in [-0.2, 0) is 15.6 Å². The molecule has 0 amide bonds. The van der Waals surface area contributed by atoms with E-state index in [0.717, 1.165) is 24.3 Å². The van der Waals surface area contributed by atoms with Crippen molar-refractivity contribution in [3.63, 3.8) is 0 Å². The fraction of sp³-hybridized carbons (Fsp3) is 0.667. The minimum Gasteiger partial charge on any atom is -0.478 e. The largest absolute Gasteiger partial charge is 0.478 e. The van der Waals surface area contributed by atoms with Gasteiger partial charge in [0.1, 0.15) is 0 Å². The molecule has 0 spiro atoms. The number of carboxylic acids is 1. The second-order valence-corrected chi connectivity index (χ2v) is 5.11. The van der Waals surface area contributed by atoms with Gasteiger partial charge in [0.25, 0.3) is 0 Å². The lowest BCUT2D eigenvalue weighted by atomic mass is 10.1. The van der Waals surface area contributed by atoms with E-state index in [1.54, 1.807) is 0 Å². The van der Waals surface area contributed by atoms with Crippen molar-refractivity contribution in [1.29, 1.82) is 0 Å². The highest BCUT2D eigenvalue weighted by molar-refractivity contribution is 7.85. The molecule has 0 aromatic carbocycles. The third-order valence-electron chi connectivity index (χ3n) is 2.29. The van der Waals surface area contributed by atoms with Gasteiger partial charge in [0, 0.05) is 40.5 Å². The van der Waals surface area contributed by atoms with Crippen molar-refractivity contribution in [3.8, 4) is 0 Å². The van der Waals surface area contributed by atoms with Crippen LogP contribution >= 0.6 is 0 Å². The molecule has 5 heteroatoms. The van der Waals surface area contributed by atoms with Gasteiger partial charge in [-0.2, -0.15) is 0 Å². The Kier molecular flexibility index (Phi) is 4.28. The van der Waals surface area contributed by atoms with Gasteiger partial charge in [-0.3, -0.25) is 4.21 Å². The number of hydrogen-bond donors (Lipinski definition) is 2. The Morgan fingerprint density at radius 1 is 1.50 bits per heavy atom. The summed E-state index contributed by atoms with van der Waals surface area (Å²) in [5, 5.41) is 11.7. The molecule has 2 N–H and O–H groups in total. The van der Waals surface area contributed by atoms with E-state index < -0.39 is 16.8 Å². The Morgan fingerprint density at radius 3 is 2.57 bits per heavy atom. The third-order valence-corrected chi connectivity index (χ3v) is 3.68. The highest BCUT2D eigenvalue weighted by atomic mass is 32.2. The highest BCUT2D eigenvalue weighted by Crippen LogP contribution is 2.09. The van der Waals surface area contributed by atoms with Crippen LogP contribution < -0.4 is 5.32 Å². The third kappa shape index (κ3) is 3.59. The Morgan fingerprint density at radius 2 is 2.07 bits per heavy atom. The molecule has 14 heavy (non-hydrogen) atoms. The van der Waals surface area contributed by atoms with Crippen LogP contribution in [0.3, 0.4) is 0 Å². The first-order valence-corrected chi connectivity index (χ1v) is 6.08. The number of hydrogen-bond acceptors (Lipinski definition) is 3. The van der Waals surface area contributed by atoms with E-state index in [1.165, 1.54) is 0 Å². The van der Waals surface area contributed by atoms with Crippen LogP contribution in [0.5, 0.6) is 0 Å². The molecule has 1 fully saturated rings. The minimum atomic E-state index is -0.961. The molecule has 1 aliphatic heterocycles. The van der Waals surface area contributed by atoms with E-state index in [1.807, 2.05) is 0 Å². The Balaban J connectivity index is 2.22. The monoisotopic (exact) mass is 217 g/mol. The maximum atomic E-state index is 11.0. The van der Waals surface area contributed by atoms with Crippen LogP contribution in [0.25, 0.3) is 0 Å². The molecule has 0 aromatic heterocycles. The van der Waals surface area contributed by atoms with Crippen molar-refractivity contribution >= 4 is 16.8 Å². The van der Waals surface area contributed by atoms with Crippen LogP contribution in [0.15, 0.2) is 12.2 Å². The molecular weight excluding hydrogens is 202 g/mol. The first-order valence-electron chi connectivity index (χ1n) is 4.59. The Bertz CT molecular complexity index is 255. The molecule has 4 nitrogen and oxygen atoms in total. The standard InChI is InChI=1S/C9H15NO3S/c1-7(9(11)12)6-10-8-2-4-14(13)5-3-8/h8,10H,1-6H2,(H,11,12). The van der Waals surface area contributed by atoms with E-state index in [9.17, 15) is 9.00 Å². The molecule has 0 aliphatic carbocycles. The molecule has 0 atom stereocenters. The maximum absolute atomic E-state index is 11.0. The fourth-order valence-corrected chi connectivity index (χ4v) is 2.64. The molecule has 0 saturated carbocycles. The van der Waals surface area contributed by atoms with Crippen LogP contribution in [0.1, 0.15) is 12.8 Å². The van der Waals surface area contributed by atoms with E-state index in [0.29, 0.717) is 12.6 Å². The summed E-state index contributed by atoms with van der Waals surface area (Å²) in [7, 11) is -0.663. The second kappa shape index (κ2) is 5.26. The molecule has 1 rings (SSSR count). The van der Waals surface area contributed by atoms with Crippen LogP contribution in [-0.4, -0.2) is 39.4 Å². The van der Waals surface area contributed by atoms with E-state index >= 15 is 0 Å². The normalized spacial score (nSPS) is 27.1. The highest BCUT2D eigenvalue weighted by Gasteiger charge is 2.17. The van der Waals surface area contributed by atoms with Gasteiger partial charge in [0.15, 0.2) is 0 Å². The lowest BCUT2D eigenvalue weighted by molar-refractivity contribution is -0.132. The molecule has 80 valence electrons. The number of carbonyl (C=O) groups is 1. The Hall–Kier alpha value is -0.680. The van der Waals surface area contributed by atoms with Crippen molar-refractivity contribution in [2.45, 2.75) is 18.9 Å². The topological polar surface area (TPSA) is 66.4 Å². The summed E-state index contributed by atoms with van der Waals surface area (Å²) in [4.78, 5) is 10.4. The fourth-order valence-electron chi connectivity index (χ4n) is 1.34. The molecule has 1 saturated heterocycles. The van der Waals surface area contributed by atoms with E-state index in [2.05, 4.69) is 11.9 Å². The van der Waals surface area contributed by atoms with Crippen molar-refractivity contribution < 1.29 is 14.1 Å². The molecule has 1 heterocycles. The van der Waals surface area contributed by atoms with Gasteiger partial charge in [-0.1, -0.05) is 6.58 Å². The first-order chi connectivity index (χ1) is 6.59. The molecule has 0 aromatic rings. The summed E-state index contributed by atoms with van der Waals surface area (Å²) in [6.45, 7) is 3.74. The smallest absolute Gasteiger partial charge is 0.332 e. The summed E-state index contributed by atoms with van der Waals surface area (Å²) < 4.78 is 11.0. The van der Waals surface area contributed by atoms with Gasteiger partial charge < -0.3 is 10.4 Å². The maximum Gasteiger partial charge on any atom is 0.332 e. The van der Waals surface area contributed by atoms with Crippen LogP contribution in [0.2, 0.25) is 0 Å². The summed E-state index contributed by atoms with van der Waals surface area (Å²) in [6, 6.07) is 0.295. The van der Waals surface area contributed by atoms with Crippen LogP contribution in [0, 0.1) is 0 Å². The average molecular weight is 217 g/mol. The van der Waals surface area contributed by atoms with Gasteiger partial charge in [0.2, 0.25) is 0 Å². The molecule has 0 bridgehead atoms. The van der Waals surface area contributed by atoms with Gasteiger partial charge in [-0.05, 0) is 12.8 Å². The first kappa shape index (κ1) is 11.4. The van der Waals surface area contributed by atoms with Crippen molar-refractivity contribution in [3.05, 3.63) is 12.2 Å².